The third-order valence-electron chi connectivity index (χ3n) is 4.67. The zero-order chi connectivity index (χ0) is 22.5. The molecule has 1 aromatic carbocycles. The third-order valence-corrected chi connectivity index (χ3v) is 4.67. The number of hydrogen-bond donors (Lipinski definition) is 3. The summed E-state index contributed by atoms with van der Waals surface area (Å²) in [6.45, 7) is 7.45. The Hall–Kier alpha value is -2.99. The number of nitrogens with zero attached hydrogens (tertiary/aromatic N) is 1. The second kappa shape index (κ2) is 13.3. The number of nitrogens with one attached hydrogen (secondary N) is 1. The summed E-state index contributed by atoms with van der Waals surface area (Å²) in [6, 6.07) is 7.78. The summed E-state index contributed by atoms with van der Waals surface area (Å²) in [6.07, 6.45) is 8.95. The largest absolute Gasteiger partial charge is 0.389 e. The van der Waals surface area contributed by atoms with Gasteiger partial charge in [0.05, 0.1) is 11.8 Å². The molecule has 0 saturated carbocycles. The molecule has 0 radical (unpaired) electrons. The highest BCUT2D eigenvalue weighted by Crippen LogP contribution is 2.20. The fourth-order valence-corrected chi connectivity index (χ4v) is 3.06. The Morgan fingerprint density at radius 1 is 1.27 bits per heavy atom. The van der Waals surface area contributed by atoms with Crippen LogP contribution in [-0.2, 0) is 16.0 Å². The summed E-state index contributed by atoms with van der Waals surface area (Å²) in [5.41, 5.74) is 9.52. The van der Waals surface area contributed by atoms with Crippen molar-refractivity contribution in [3.63, 3.8) is 0 Å². The SMILES string of the molecule is C\C=C/C=C(\C(C)=N\C(=C/C)c1ccc(CC(CCC(N)=O)NC=O)cc1)C(C)O. The molecule has 0 heterocycles. The molecule has 6 nitrogen and oxygen atoms in total. The lowest BCUT2D eigenvalue weighted by Crippen LogP contribution is -2.31. The quantitative estimate of drug-likeness (QED) is 0.279. The van der Waals surface area contributed by atoms with Crippen molar-refractivity contribution >= 4 is 23.7 Å². The predicted molar refractivity (Wildman–Crippen MR) is 123 cm³/mol. The van der Waals surface area contributed by atoms with Gasteiger partial charge >= 0.3 is 0 Å². The van der Waals surface area contributed by atoms with Crippen LogP contribution in [0.4, 0.5) is 0 Å². The van der Waals surface area contributed by atoms with Crippen LogP contribution in [0.5, 0.6) is 0 Å². The van der Waals surface area contributed by atoms with Gasteiger partial charge in [-0.05, 0) is 51.7 Å². The van der Waals surface area contributed by atoms with Gasteiger partial charge in [-0.15, -0.1) is 0 Å². The van der Waals surface area contributed by atoms with Gasteiger partial charge in [-0.2, -0.15) is 0 Å². The van der Waals surface area contributed by atoms with Crippen LogP contribution in [0.15, 0.2) is 59.1 Å². The fourth-order valence-electron chi connectivity index (χ4n) is 3.06. The third kappa shape index (κ3) is 8.57. The van der Waals surface area contributed by atoms with Crippen molar-refractivity contribution < 1.29 is 14.7 Å². The molecule has 0 bridgehead atoms. The van der Waals surface area contributed by atoms with Gasteiger partial charge in [0.25, 0.3) is 0 Å². The average Bonchev–Trinajstić information content (AvgIpc) is 2.71. The van der Waals surface area contributed by atoms with Crippen molar-refractivity contribution in [1.29, 1.82) is 0 Å². The van der Waals surface area contributed by atoms with E-state index < -0.39 is 6.10 Å². The first kappa shape index (κ1) is 25.0. The Labute approximate surface area is 179 Å². The lowest BCUT2D eigenvalue weighted by molar-refractivity contribution is -0.118. The minimum Gasteiger partial charge on any atom is -0.389 e. The maximum atomic E-state index is 11.0. The lowest BCUT2D eigenvalue weighted by Gasteiger charge is -2.16. The van der Waals surface area contributed by atoms with Gasteiger partial charge in [-0.1, -0.05) is 48.6 Å². The van der Waals surface area contributed by atoms with Gasteiger partial charge in [0, 0.05) is 23.7 Å². The zero-order valence-corrected chi connectivity index (χ0v) is 18.3. The van der Waals surface area contributed by atoms with E-state index in [1.807, 2.05) is 69.3 Å². The summed E-state index contributed by atoms with van der Waals surface area (Å²) in [4.78, 5) is 26.6. The van der Waals surface area contributed by atoms with E-state index in [1.54, 1.807) is 6.92 Å². The Kier molecular flexibility index (Phi) is 11.1. The summed E-state index contributed by atoms with van der Waals surface area (Å²) in [5.74, 6) is -0.381. The van der Waals surface area contributed by atoms with Gasteiger partial charge < -0.3 is 16.2 Å². The van der Waals surface area contributed by atoms with Crippen LogP contribution in [0, 0.1) is 0 Å². The molecule has 2 amide bonds. The molecule has 0 aromatic heterocycles. The average molecular weight is 412 g/mol. The molecule has 0 saturated heterocycles. The number of hydrogen-bond acceptors (Lipinski definition) is 4. The van der Waals surface area contributed by atoms with E-state index in [1.165, 1.54) is 0 Å². The number of nitrogens with two attached hydrogens (primary N) is 1. The van der Waals surface area contributed by atoms with E-state index in [0.29, 0.717) is 19.3 Å². The molecule has 0 aliphatic heterocycles. The van der Waals surface area contributed by atoms with Crippen molar-refractivity contribution in [2.45, 2.75) is 59.1 Å². The minimum atomic E-state index is -0.618. The Morgan fingerprint density at radius 2 is 1.93 bits per heavy atom. The van der Waals surface area contributed by atoms with Gasteiger partial charge in [0.15, 0.2) is 0 Å². The highest BCUT2D eigenvalue weighted by molar-refractivity contribution is 6.02. The van der Waals surface area contributed by atoms with E-state index in [0.717, 1.165) is 28.1 Å². The molecule has 0 spiro atoms. The number of carbonyl (C=O) groups excluding carboxylic acids is 2. The van der Waals surface area contributed by atoms with Crippen LogP contribution >= 0.6 is 0 Å². The van der Waals surface area contributed by atoms with Crippen LogP contribution in [0.25, 0.3) is 5.70 Å². The molecule has 1 aromatic rings. The first-order valence-corrected chi connectivity index (χ1v) is 10.1. The van der Waals surface area contributed by atoms with Crippen LogP contribution < -0.4 is 11.1 Å². The normalized spacial score (nSPS) is 15.2. The van der Waals surface area contributed by atoms with Crippen molar-refractivity contribution in [2.75, 3.05) is 0 Å². The van der Waals surface area contributed by atoms with Gasteiger partial charge in [0.1, 0.15) is 0 Å². The summed E-state index contributed by atoms with van der Waals surface area (Å²) >= 11 is 0. The van der Waals surface area contributed by atoms with Gasteiger partial charge in [-0.25, -0.2) is 0 Å². The Balaban J connectivity index is 3.00. The first-order valence-electron chi connectivity index (χ1n) is 10.1. The first-order chi connectivity index (χ1) is 14.3. The van der Waals surface area contributed by atoms with Crippen LogP contribution in [0.3, 0.4) is 0 Å². The molecular formula is C24H33N3O3. The Bertz CT molecular complexity index is 819. The molecule has 2 unspecified atom stereocenters. The number of rotatable bonds is 12. The minimum absolute atomic E-state index is 0.146. The van der Waals surface area contributed by atoms with E-state index in [9.17, 15) is 14.7 Å². The monoisotopic (exact) mass is 411 g/mol. The van der Waals surface area contributed by atoms with E-state index in [2.05, 4.69) is 5.32 Å². The molecule has 2 atom stereocenters. The van der Waals surface area contributed by atoms with Crippen LogP contribution in [0.2, 0.25) is 0 Å². The standard InChI is InChI=1S/C24H33N3O3/c1-5-7-8-22(18(4)29)17(3)27-23(6-2)20-11-9-19(10-12-20)15-21(26-16-28)13-14-24(25)30/h5-12,16,18,21,29H,13-15H2,1-4H3,(H2,25,30)(H,26,28)/b7-5-,22-8+,23-6-,27-17+. The van der Waals surface area contributed by atoms with Crippen molar-refractivity contribution in [2.24, 2.45) is 10.7 Å². The van der Waals surface area contributed by atoms with Crippen LogP contribution in [0.1, 0.15) is 51.7 Å². The molecule has 0 fully saturated rings. The molecule has 6 heteroatoms. The fraction of sp³-hybridized carbons (Fsp3) is 0.375. The molecule has 0 aliphatic rings. The number of primary amides is 1. The molecule has 0 aliphatic carbocycles. The molecule has 4 N–H and O–H groups in total. The zero-order valence-electron chi connectivity index (χ0n) is 18.3. The number of benzene rings is 1. The Morgan fingerprint density at radius 3 is 2.43 bits per heavy atom. The molecule has 1 rings (SSSR count). The molecule has 162 valence electrons. The second-order valence-corrected chi connectivity index (χ2v) is 7.08. The number of allylic oxidation sites excluding steroid dienone is 4. The van der Waals surface area contributed by atoms with E-state index in [-0.39, 0.29) is 18.4 Å². The number of aliphatic hydroxyl groups is 1. The summed E-state index contributed by atoms with van der Waals surface area (Å²) in [5, 5.41) is 12.8. The second-order valence-electron chi connectivity index (χ2n) is 7.08. The topological polar surface area (TPSA) is 105 Å². The molecule has 30 heavy (non-hydrogen) atoms. The lowest BCUT2D eigenvalue weighted by atomic mass is 10.00. The van der Waals surface area contributed by atoms with Crippen LogP contribution in [-0.4, -0.2) is 35.3 Å². The smallest absolute Gasteiger partial charge is 0.217 e. The van der Waals surface area contributed by atoms with E-state index in [4.69, 9.17) is 10.7 Å². The van der Waals surface area contributed by atoms with E-state index >= 15 is 0 Å². The van der Waals surface area contributed by atoms with Gasteiger partial charge in [-0.3, -0.25) is 14.6 Å². The van der Waals surface area contributed by atoms with Crippen molar-refractivity contribution in [3.05, 3.63) is 65.3 Å². The molecular weight excluding hydrogens is 378 g/mol. The highest BCUT2D eigenvalue weighted by atomic mass is 16.3. The maximum absolute atomic E-state index is 11.0. The summed E-state index contributed by atoms with van der Waals surface area (Å²) < 4.78 is 0. The highest BCUT2D eigenvalue weighted by Gasteiger charge is 2.12. The number of carbonyl (C=O) groups is 2. The maximum Gasteiger partial charge on any atom is 0.217 e. The van der Waals surface area contributed by atoms with Gasteiger partial charge in [0.2, 0.25) is 12.3 Å². The van der Waals surface area contributed by atoms with Crippen molar-refractivity contribution in [1.82, 2.24) is 5.32 Å². The predicted octanol–water partition coefficient (Wildman–Crippen LogP) is 3.31. The number of aliphatic hydroxyl groups excluding tert-OH is 1. The number of aliphatic imine (C=N–C) groups is 1. The number of amides is 2. The summed E-state index contributed by atoms with van der Waals surface area (Å²) in [7, 11) is 0. The van der Waals surface area contributed by atoms with Crippen molar-refractivity contribution in [3.8, 4) is 0 Å².